The van der Waals surface area contributed by atoms with E-state index < -0.39 is 5.72 Å². The van der Waals surface area contributed by atoms with E-state index in [1.165, 1.54) is 11.3 Å². The molecule has 0 N–H and O–H groups in total. The van der Waals surface area contributed by atoms with Crippen LogP contribution in [0.3, 0.4) is 0 Å². The zero-order valence-corrected chi connectivity index (χ0v) is 16.2. The van der Waals surface area contributed by atoms with Crippen molar-refractivity contribution in [1.29, 1.82) is 0 Å². The van der Waals surface area contributed by atoms with Crippen molar-refractivity contribution in [1.82, 2.24) is 0 Å². The van der Waals surface area contributed by atoms with Crippen LogP contribution in [0, 0.1) is 0 Å². The summed E-state index contributed by atoms with van der Waals surface area (Å²) in [7, 11) is 2.12. The van der Waals surface area contributed by atoms with Crippen molar-refractivity contribution in [3.8, 4) is 5.75 Å². The Bertz CT molecular complexity index is 1300. The first kappa shape index (κ1) is 15.8. The van der Waals surface area contributed by atoms with Gasteiger partial charge in [0, 0.05) is 29.1 Å². The number of likely N-dealkylation sites (N-methyl/N-ethyl adjacent to an activating group) is 1. The molecule has 0 bridgehead atoms. The molecule has 6 rings (SSSR count). The Morgan fingerprint density at radius 1 is 0.857 bits per heavy atom. The maximum atomic E-state index is 6.81. The zero-order valence-electron chi connectivity index (χ0n) is 16.2. The van der Waals surface area contributed by atoms with Crippen LogP contribution in [0.2, 0.25) is 0 Å². The lowest BCUT2D eigenvalue weighted by atomic mass is 9.76. The van der Waals surface area contributed by atoms with Crippen LogP contribution >= 0.6 is 0 Å². The fourth-order valence-corrected chi connectivity index (χ4v) is 5.08. The third-order valence-corrected chi connectivity index (χ3v) is 6.62. The van der Waals surface area contributed by atoms with E-state index in [-0.39, 0.29) is 5.41 Å². The Hall–Kier alpha value is -3.20. The predicted octanol–water partition coefficient (Wildman–Crippen LogP) is 6.12. The van der Waals surface area contributed by atoms with Crippen molar-refractivity contribution in [3.05, 3.63) is 77.9 Å². The molecule has 0 saturated carbocycles. The monoisotopic (exact) mass is 367 g/mol. The summed E-state index contributed by atoms with van der Waals surface area (Å²) in [6.07, 6.45) is 4.43. The van der Waals surface area contributed by atoms with Crippen LogP contribution in [0.4, 0.5) is 5.69 Å². The minimum atomic E-state index is -0.559. The lowest BCUT2D eigenvalue weighted by molar-refractivity contribution is 0.0584. The van der Waals surface area contributed by atoms with Crippen molar-refractivity contribution >= 4 is 33.7 Å². The third kappa shape index (κ3) is 1.70. The highest BCUT2D eigenvalue weighted by molar-refractivity contribution is 6.10. The Labute approximate surface area is 163 Å². The Kier molecular flexibility index (Phi) is 2.82. The summed E-state index contributed by atoms with van der Waals surface area (Å²) < 4.78 is 12.9. The van der Waals surface area contributed by atoms with Gasteiger partial charge in [-0.25, -0.2) is 0 Å². The Morgan fingerprint density at radius 3 is 2.50 bits per heavy atom. The van der Waals surface area contributed by atoms with E-state index in [1.54, 1.807) is 0 Å². The molecule has 28 heavy (non-hydrogen) atoms. The fraction of sp³-hybridized carbons (Fsp3) is 0.200. The van der Waals surface area contributed by atoms with E-state index in [2.05, 4.69) is 74.3 Å². The maximum Gasteiger partial charge on any atom is 0.211 e. The average Bonchev–Trinajstić information content (AvgIpc) is 3.17. The van der Waals surface area contributed by atoms with Crippen molar-refractivity contribution in [2.75, 3.05) is 11.9 Å². The van der Waals surface area contributed by atoms with E-state index in [9.17, 15) is 0 Å². The van der Waals surface area contributed by atoms with Gasteiger partial charge in [-0.05, 0) is 55.8 Å². The number of benzene rings is 3. The highest BCUT2D eigenvalue weighted by Crippen LogP contribution is 2.54. The van der Waals surface area contributed by atoms with Crippen LogP contribution in [0.15, 0.2) is 71.2 Å². The van der Waals surface area contributed by atoms with Crippen molar-refractivity contribution < 1.29 is 9.15 Å². The number of anilines is 1. The van der Waals surface area contributed by atoms with Gasteiger partial charge in [0.1, 0.15) is 16.9 Å². The SMILES string of the molecule is CN1c2ccccc2C(C)(C)C12C=Cc1c(ccc3oc4ccccc4c13)O2. The quantitative estimate of drug-likeness (QED) is 0.375. The summed E-state index contributed by atoms with van der Waals surface area (Å²) in [5.74, 6) is 0.897. The molecular weight excluding hydrogens is 346 g/mol. The molecule has 1 aromatic heterocycles. The maximum absolute atomic E-state index is 6.81. The Balaban J connectivity index is 1.59. The largest absolute Gasteiger partial charge is 0.463 e. The first-order valence-electron chi connectivity index (χ1n) is 9.69. The van der Waals surface area contributed by atoms with Gasteiger partial charge in [0.2, 0.25) is 5.72 Å². The summed E-state index contributed by atoms with van der Waals surface area (Å²) in [6, 6.07) is 20.8. The summed E-state index contributed by atoms with van der Waals surface area (Å²) >= 11 is 0. The number of hydrogen-bond donors (Lipinski definition) is 0. The van der Waals surface area contributed by atoms with Gasteiger partial charge in [-0.3, -0.25) is 0 Å². The number of hydrogen-bond acceptors (Lipinski definition) is 3. The second kappa shape index (κ2) is 4.99. The molecule has 2 aliphatic rings. The standard InChI is InChI=1S/C25H21NO2/c1-24(2)18-9-5-6-10-19(18)26(3)25(24)15-14-17-21(28-25)12-13-22-23(17)16-8-4-7-11-20(16)27-22/h4-15H,1-3H3. The molecular formula is C25H21NO2. The molecule has 1 atom stereocenters. The van der Waals surface area contributed by atoms with E-state index in [0.29, 0.717) is 0 Å². The van der Waals surface area contributed by atoms with E-state index in [4.69, 9.17) is 9.15 Å². The third-order valence-electron chi connectivity index (χ3n) is 6.62. The smallest absolute Gasteiger partial charge is 0.211 e. The lowest BCUT2D eigenvalue weighted by Gasteiger charge is -2.45. The molecule has 0 fully saturated rings. The summed E-state index contributed by atoms with van der Waals surface area (Å²) in [5.41, 5.74) is 4.66. The summed E-state index contributed by atoms with van der Waals surface area (Å²) in [5, 5.41) is 2.25. The molecule has 3 heteroatoms. The highest BCUT2D eigenvalue weighted by Gasteiger charge is 2.57. The number of nitrogens with zero attached hydrogens (tertiary/aromatic N) is 1. The van der Waals surface area contributed by atoms with E-state index in [0.717, 1.165) is 33.3 Å². The average molecular weight is 367 g/mol. The van der Waals surface area contributed by atoms with Gasteiger partial charge in [-0.15, -0.1) is 0 Å². The normalized spacial score (nSPS) is 21.9. The second-order valence-electron chi connectivity index (χ2n) is 8.28. The topological polar surface area (TPSA) is 25.6 Å². The minimum Gasteiger partial charge on any atom is -0.463 e. The molecule has 1 unspecified atom stereocenters. The van der Waals surface area contributed by atoms with Crippen LogP contribution in [0.5, 0.6) is 5.75 Å². The van der Waals surface area contributed by atoms with Crippen LogP contribution < -0.4 is 9.64 Å². The lowest BCUT2D eigenvalue weighted by Crippen LogP contribution is -2.58. The molecule has 3 heterocycles. The molecule has 138 valence electrons. The predicted molar refractivity (Wildman–Crippen MR) is 114 cm³/mol. The van der Waals surface area contributed by atoms with Gasteiger partial charge < -0.3 is 14.1 Å². The van der Waals surface area contributed by atoms with Crippen molar-refractivity contribution in [3.63, 3.8) is 0 Å². The van der Waals surface area contributed by atoms with E-state index >= 15 is 0 Å². The van der Waals surface area contributed by atoms with E-state index in [1.807, 2.05) is 24.3 Å². The molecule has 0 radical (unpaired) electrons. The van der Waals surface area contributed by atoms with Gasteiger partial charge >= 0.3 is 0 Å². The molecule has 3 nitrogen and oxygen atoms in total. The van der Waals surface area contributed by atoms with Crippen molar-refractivity contribution in [2.45, 2.75) is 25.0 Å². The van der Waals surface area contributed by atoms with Gasteiger partial charge in [0.15, 0.2) is 0 Å². The molecule has 1 spiro atoms. The minimum absolute atomic E-state index is 0.194. The van der Waals surface area contributed by atoms with Crippen LogP contribution in [-0.2, 0) is 5.41 Å². The summed E-state index contributed by atoms with van der Waals surface area (Å²) in [6.45, 7) is 4.52. The summed E-state index contributed by atoms with van der Waals surface area (Å²) in [4.78, 5) is 2.26. The number of ether oxygens (including phenoxy) is 1. The van der Waals surface area contributed by atoms with Gasteiger partial charge in [0.25, 0.3) is 0 Å². The van der Waals surface area contributed by atoms with Gasteiger partial charge in [-0.2, -0.15) is 0 Å². The van der Waals surface area contributed by atoms with Crippen LogP contribution in [-0.4, -0.2) is 12.8 Å². The molecule has 2 aliphatic heterocycles. The number of fused-ring (bicyclic) bond motifs is 6. The second-order valence-corrected chi connectivity index (χ2v) is 8.28. The number of para-hydroxylation sites is 2. The van der Waals surface area contributed by atoms with Crippen LogP contribution in [0.1, 0.15) is 25.0 Å². The Morgan fingerprint density at radius 2 is 1.64 bits per heavy atom. The molecule has 3 aromatic carbocycles. The molecule has 0 amide bonds. The first-order chi connectivity index (χ1) is 13.5. The van der Waals surface area contributed by atoms with Gasteiger partial charge in [-0.1, -0.05) is 36.4 Å². The molecule has 4 aromatic rings. The zero-order chi connectivity index (χ0) is 19.1. The number of rotatable bonds is 0. The van der Waals surface area contributed by atoms with Crippen molar-refractivity contribution in [2.24, 2.45) is 0 Å². The first-order valence-corrected chi connectivity index (χ1v) is 9.69. The van der Waals surface area contributed by atoms with Gasteiger partial charge in [0.05, 0.1) is 5.41 Å². The molecule has 0 aliphatic carbocycles. The number of furan rings is 1. The molecule has 0 saturated heterocycles. The highest BCUT2D eigenvalue weighted by atomic mass is 16.5. The van der Waals surface area contributed by atoms with Crippen LogP contribution in [0.25, 0.3) is 28.0 Å². The fourth-order valence-electron chi connectivity index (χ4n) is 5.08.